The van der Waals surface area contributed by atoms with Gasteiger partial charge in [0.05, 0.1) is 11.4 Å². The van der Waals surface area contributed by atoms with Gasteiger partial charge >= 0.3 is 6.09 Å². The molecule has 0 aliphatic rings. The second-order valence-corrected chi connectivity index (χ2v) is 8.42. The molecule has 0 fully saturated rings. The summed E-state index contributed by atoms with van der Waals surface area (Å²) in [5, 5.41) is 2.61. The van der Waals surface area contributed by atoms with Gasteiger partial charge in [0.15, 0.2) is 11.6 Å². The third-order valence-corrected chi connectivity index (χ3v) is 5.81. The molecule has 0 bridgehead atoms. The highest BCUT2D eigenvalue weighted by Crippen LogP contribution is 2.31. The molecule has 0 radical (unpaired) electrons. The summed E-state index contributed by atoms with van der Waals surface area (Å²) in [7, 11) is 0. The molecule has 0 spiro atoms. The molecule has 1 heterocycles. The first-order valence-corrected chi connectivity index (χ1v) is 12.3. The zero-order chi connectivity index (χ0) is 25.9. The monoisotopic (exact) mass is 493 g/mol. The number of hydrogen-bond donors (Lipinski definition) is 1. The Bertz CT molecular complexity index is 1220. The lowest BCUT2D eigenvalue weighted by Crippen LogP contribution is -2.28. The lowest BCUT2D eigenvalue weighted by molar-refractivity contribution is 0.198. The molecule has 0 saturated carbocycles. The summed E-state index contributed by atoms with van der Waals surface area (Å²) in [5.41, 5.74) is 4.34. The van der Waals surface area contributed by atoms with E-state index in [0.717, 1.165) is 72.7 Å². The van der Waals surface area contributed by atoms with E-state index in [1.165, 1.54) is 0 Å². The number of allylic oxidation sites excluding steroid dienone is 4. The summed E-state index contributed by atoms with van der Waals surface area (Å²) in [6, 6.07) is 13.1. The van der Waals surface area contributed by atoms with Gasteiger partial charge in [0.25, 0.3) is 0 Å². The number of benzene rings is 2. The fraction of sp³-hybridized carbons (Fsp3) is 0.310. The fourth-order valence-electron chi connectivity index (χ4n) is 4.05. The van der Waals surface area contributed by atoms with Gasteiger partial charge in [-0.25, -0.2) is 18.6 Å². The van der Waals surface area contributed by atoms with E-state index in [1.807, 2.05) is 45.0 Å². The summed E-state index contributed by atoms with van der Waals surface area (Å²) >= 11 is 0. The number of carbonyl (C=O) groups excluding carboxylic acids is 1. The molecular formula is C29H33F2N3O2. The van der Waals surface area contributed by atoms with Gasteiger partial charge in [0.2, 0.25) is 0 Å². The number of unbranched alkanes of at least 4 members (excludes halogenated alkanes) is 3. The zero-order valence-electron chi connectivity index (χ0n) is 21.1. The Hall–Kier alpha value is -3.74. The number of ether oxygens (including phenoxy) is 1. The Labute approximate surface area is 211 Å². The molecule has 5 nitrogen and oxygen atoms in total. The molecule has 3 aromatic rings. The van der Waals surface area contributed by atoms with Crippen LogP contribution in [0.25, 0.3) is 16.8 Å². The molecule has 0 aliphatic heterocycles. The van der Waals surface area contributed by atoms with Crippen molar-refractivity contribution in [3.63, 3.8) is 0 Å². The van der Waals surface area contributed by atoms with Gasteiger partial charge in [0, 0.05) is 24.7 Å². The zero-order valence-corrected chi connectivity index (χ0v) is 21.1. The number of carbonyl (C=O) groups is 1. The maximum absolute atomic E-state index is 13.6. The summed E-state index contributed by atoms with van der Waals surface area (Å²) in [5.74, 6) is -0.956. The minimum atomic E-state index is -0.912. The SMILES string of the molecule is C/C=C\C(=C/C)c1nc(C)n(CCCCCCNC(=O)Oc2ccc(F)cc2F)c1-c1ccccc1. The number of amides is 1. The Balaban J connectivity index is 1.52. The molecule has 36 heavy (non-hydrogen) atoms. The first kappa shape index (κ1) is 26.9. The average Bonchev–Trinajstić information content (AvgIpc) is 3.19. The summed E-state index contributed by atoms with van der Waals surface area (Å²) < 4.78 is 33.7. The Kier molecular flexibility index (Phi) is 9.98. The molecule has 3 rings (SSSR count). The average molecular weight is 494 g/mol. The third kappa shape index (κ3) is 7.13. The maximum Gasteiger partial charge on any atom is 0.412 e. The smallest absolute Gasteiger partial charge is 0.407 e. The standard InChI is InChI=1S/C29H33F2N3O2/c1-4-13-22(5-2)27-28(23-14-9-8-10-15-23)34(21(3)33-27)19-12-7-6-11-18-32-29(35)36-26-17-16-24(30)20-25(26)31/h4-5,8-10,13-17,20H,6-7,11-12,18-19H2,1-3H3,(H,32,35)/b13-4-,22-5+. The van der Waals surface area contributed by atoms with Gasteiger partial charge in [-0.05, 0) is 51.3 Å². The van der Waals surface area contributed by atoms with Gasteiger partial charge < -0.3 is 14.6 Å². The third-order valence-electron chi connectivity index (χ3n) is 5.81. The van der Waals surface area contributed by atoms with Crippen LogP contribution in [0.1, 0.15) is 51.0 Å². The van der Waals surface area contributed by atoms with Crippen LogP contribution in [0.4, 0.5) is 13.6 Å². The number of aromatic nitrogens is 2. The predicted molar refractivity (Wildman–Crippen MR) is 140 cm³/mol. The Morgan fingerprint density at radius 3 is 2.50 bits per heavy atom. The molecule has 2 aromatic carbocycles. The van der Waals surface area contributed by atoms with Crippen molar-refractivity contribution < 1.29 is 18.3 Å². The molecule has 0 saturated heterocycles. The topological polar surface area (TPSA) is 56.2 Å². The quantitative estimate of drug-likeness (QED) is 0.223. The van der Waals surface area contributed by atoms with E-state index in [9.17, 15) is 13.6 Å². The molecule has 1 amide bonds. The van der Waals surface area contributed by atoms with Crippen molar-refractivity contribution in [3.8, 4) is 17.0 Å². The van der Waals surface area contributed by atoms with E-state index in [2.05, 4.69) is 34.2 Å². The van der Waals surface area contributed by atoms with Crippen molar-refractivity contribution in [2.45, 2.75) is 53.0 Å². The van der Waals surface area contributed by atoms with E-state index in [0.29, 0.717) is 12.6 Å². The molecule has 1 N–H and O–H groups in total. The highest BCUT2D eigenvalue weighted by Gasteiger charge is 2.18. The summed E-state index contributed by atoms with van der Waals surface area (Å²) in [6.07, 6.45) is 9.08. The second kappa shape index (κ2) is 13.4. The largest absolute Gasteiger partial charge is 0.412 e. The van der Waals surface area contributed by atoms with Crippen molar-refractivity contribution in [2.24, 2.45) is 0 Å². The Morgan fingerprint density at radius 1 is 1.06 bits per heavy atom. The van der Waals surface area contributed by atoms with E-state index in [1.54, 1.807) is 0 Å². The minimum absolute atomic E-state index is 0.298. The van der Waals surface area contributed by atoms with E-state index in [4.69, 9.17) is 9.72 Å². The molecule has 0 unspecified atom stereocenters. The Morgan fingerprint density at radius 2 is 1.81 bits per heavy atom. The number of hydrogen-bond acceptors (Lipinski definition) is 3. The predicted octanol–water partition coefficient (Wildman–Crippen LogP) is 7.47. The van der Waals surface area contributed by atoms with Crippen LogP contribution in [0, 0.1) is 18.6 Å². The highest BCUT2D eigenvalue weighted by atomic mass is 19.1. The number of rotatable bonds is 11. The van der Waals surface area contributed by atoms with Crippen LogP contribution >= 0.6 is 0 Å². The highest BCUT2D eigenvalue weighted by molar-refractivity contribution is 5.82. The molecule has 0 aliphatic carbocycles. The first-order chi connectivity index (χ1) is 17.4. The van der Waals surface area contributed by atoms with Crippen LogP contribution < -0.4 is 10.1 Å². The van der Waals surface area contributed by atoms with Crippen LogP contribution in [0.2, 0.25) is 0 Å². The number of aryl methyl sites for hydroxylation is 1. The molecular weight excluding hydrogens is 460 g/mol. The number of nitrogens with one attached hydrogen (secondary N) is 1. The molecule has 7 heteroatoms. The second-order valence-electron chi connectivity index (χ2n) is 8.42. The van der Waals surface area contributed by atoms with Gasteiger partial charge in [-0.3, -0.25) is 0 Å². The minimum Gasteiger partial charge on any atom is -0.407 e. The van der Waals surface area contributed by atoms with Crippen LogP contribution in [-0.4, -0.2) is 22.2 Å². The van der Waals surface area contributed by atoms with Crippen molar-refractivity contribution in [2.75, 3.05) is 6.54 Å². The number of imidazole rings is 1. The number of halogens is 2. The fourth-order valence-corrected chi connectivity index (χ4v) is 4.05. The number of nitrogens with zero attached hydrogens (tertiary/aromatic N) is 2. The molecule has 190 valence electrons. The van der Waals surface area contributed by atoms with Gasteiger partial charge in [-0.1, -0.05) is 61.4 Å². The normalized spacial score (nSPS) is 11.8. The lowest BCUT2D eigenvalue weighted by atomic mass is 10.0. The van der Waals surface area contributed by atoms with E-state index >= 15 is 0 Å². The molecule has 0 atom stereocenters. The molecule has 1 aromatic heterocycles. The summed E-state index contributed by atoms with van der Waals surface area (Å²) in [6.45, 7) is 7.33. The summed E-state index contributed by atoms with van der Waals surface area (Å²) in [4.78, 5) is 16.8. The van der Waals surface area contributed by atoms with Crippen LogP contribution in [0.5, 0.6) is 5.75 Å². The maximum atomic E-state index is 13.6. The lowest BCUT2D eigenvalue weighted by Gasteiger charge is -2.12. The van der Waals surface area contributed by atoms with Crippen LogP contribution in [0.15, 0.2) is 66.8 Å². The van der Waals surface area contributed by atoms with Gasteiger partial charge in [-0.15, -0.1) is 0 Å². The van der Waals surface area contributed by atoms with Crippen molar-refractivity contribution in [3.05, 3.63) is 89.9 Å². The van der Waals surface area contributed by atoms with Crippen molar-refractivity contribution >= 4 is 11.7 Å². The van der Waals surface area contributed by atoms with Crippen LogP contribution in [-0.2, 0) is 6.54 Å². The van der Waals surface area contributed by atoms with E-state index < -0.39 is 17.7 Å². The van der Waals surface area contributed by atoms with Gasteiger partial charge in [-0.2, -0.15) is 0 Å². The first-order valence-electron chi connectivity index (χ1n) is 12.3. The van der Waals surface area contributed by atoms with Crippen LogP contribution in [0.3, 0.4) is 0 Å². The van der Waals surface area contributed by atoms with Crippen molar-refractivity contribution in [1.29, 1.82) is 0 Å². The van der Waals surface area contributed by atoms with E-state index in [-0.39, 0.29) is 5.75 Å². The van der Waals surface area contributed by atoms with Gasteiger partial charge in [0.1, 0.15) is 11.6 Å². The van der Waals surface area contributed by atoms with Crippen molar-refractivity contribution in [1.82, 2.24) is 14.9 Å².